The summed E-state index contributed by atoms with van der Waals surface area (Å²) in [6, 6.07) is 8.85. The number of benzene rings is 1. The van der Waals surface area contributed by atoms with Crippen molar-refractivity contribution in [1.82, 2.24) is 24.7 Å². The van der Waals surface area contributed by atoms with Crippen LogP contribution in [0.3, 0.4) is 0 Å². The molecular weight excluding hydrogens is 470 g/mol. The SMILES string of the molecule is COc1cccc(OC)c1-n1c(CS(=O)(=O)[C@@H](C)Cc2ncc(C)cn2)nnc1-c1ccc(C)o1. The highest BCUT2D eigenvalue weighted by Crippen LogP contribution is 2.37. The van der Waals surface area contributed by atoms with Gasteiger partial charge in [-0.1, -0.05) is 6.07 Å². The number of nitrogens with zero attached hydrogens (tertiary/aromatic N) is 5. The van der Waals surface area contributed by atoms with Gasteiger partial charge in [0.2, 0.25) is 5.82 Å². The van der Waals surface area contributed by atoms with Crippen LogP contribution in [0.5, 0.6) is 11.5 Å². The van der Waals surface area contributed by atoms with Crippen molar-refractivity contribution in [2.24, 2.45) is 0 Å². The second kappa shape index (κ2) is 9.87. The second-order valence-electron chi connectivity index (χ2n) is 8.20. The number of hydrogen-bond donors (Lipinski definition) is 0. The molecule has 1 atom stereocenters. The summed E-state index contributed by atoms with van der Waals surface area (Å²) in [4.78, 5) is 8.48. The van der Waals surface area contributed by atoms with Crippen LogP contribution in [0.25, 0.3) is 17.3 Å². The third-order valence-corrected chi connectivity index (χ3v) is 7.62. The van der Waals surface area contributed by atoms with Gasteiger partial charge in [-0.3, -0.25) is 4.57 Å². The number of aromatic nitrogens is 5. The molecule has 3 heterocycles. The number of aryl methyl sites for hydroxylation is 2. The summed E-state index contributed by atoms with van der Waals surface area (Å²) in [5.41, 5.74) is 1.38. The van der Waals surface area contributed by atoms with Gasteiger partial charge < -0.3 is 13.9 Å². The summed E-state index contributed by atoms with van der Waals surface area (Å²) >= 11 is 0. The molecule has 0 spiro atoms. The topological polar surface area (TPSA) is 122 Å². The van der Waals surface area contributed by atoms with Crippen molar-refractivity contribution in [2.45, 2.75) is 38.2 Å². The molecule has 4 rings (SSSR count). The lowest BCUT2D eigenvalue weighted by Crippen LogP contribution is -2.24. The predicted molar refractivity (Wildman–Crippen MR) is 129 cm³/mol. The third kappa shape index (κ3) is 5.04. The van der Waals surface area contributed by atoms with Gasteiger partial charge in [-0.25, -0.2) is 18.4 Å². The van der Waals surface area contributed by atoms with Gasteiger partial charge in [0, 0.05) is 18.8 Å². The van der Waals surface area contributed by atoms with E-state index in [2.05, 4.69) is 20.2 Å². The van der Waals surface area contributed by atoms with Gasteiger partial charge in [0.25, 0.3) is 0 Å². The standard InChI is InChI=1S/C24H27N5O5S/c1-15-12-25-21(26-13-15)11-17(3)35(30,31)14-22-27-28-24(20-10-9-16(2)34-20)29(22)23-18(32-4)7-6-8-19(23)33-5/h6-10,12-13,17H,11,14H2,1-5H3/t17-/m0/s1. The van der Waals surface area contributed by atoms with Crippen LogP contribution in [-0.2, 0) is 22.0 Å². The highest BCUT2D eigenvalue weighted by molar-refractivity contribution is 7.91. The summed E-state index contributed by atoms with van der Waals surface area (Å²) < 4.78 is 45.3. The average Bonchev–Trinajstić information content (AvgIpc) is 3.45. The first-order chi connectivity index (χ1) is 16.7. The first-order valence-electron chi connectivity index (χ1n) is 10.9. The van der Waals surface area contributed by atoms with E-state index in [1.54, 1.807) is 54.2 Å². The van der Waals surface area contributed by atoms with E-state index in [1.165, 1.54) is 14.2 Å². The highest BCUT2D eigenvalue weighted by atomic mass is 32.2. The molecule has 0 unspecified atom stereocenters. The monoisotopic (exact) mass is 497 g/mol. The van der Waals surface area contributed by atoms with Crippen molar-refractivity contribution in [3.05, 3.63) is 65.7 Å². The summed E-state index contributed by atoms with van der Waals surface area (Å²) in [7, 11) is -0.616. The normalized spacial score (nSPS) is 12.5. The van der Waals surface area contributed by atoms with Crippen molar-refractivity contribution < 1.29 is 22.3 Å². The van der Waals surface area contributed by atoms with Crippen molar-refractivity contribution >= 4 is 9.84 Å². The number of para-hydroxylation sites is 1. The molecule has 184 valence electrons. The molecule has 0 saturated heterocycles. The van der Waals surface area contributed by atoms with Crippen LogP contribution in [0.4, 0.5) is 0 Å². The molecule has 0 bridgehead atoms. The Morgan fingerprint density at radius 1 is 1.00 bits per heavy atom. The molecule has 35 heavy (non-hydrogen) atoms. The predicted octanol–water partition coefficient (Wildman–Crippen LogP) is 3.50. The first kappa shape index (κ1) is 24.4. The second-order valence-corrected chi connectivity index (χ2v) is 10.6. The molecule has 0 aliphatic rings. The van der Waals surface area contributed by atoms with E-state index < -0.39 is 15.1 Å². The van der Waals surface area contributed by atoms with Crippen LogP contribution >= 0.6 is 0 Å². The fraction of sp³-hybridized carbons (Fsp3) is 0.333. The Labute approximate surface area is 203 Å². The molecule has 0 aliphatic carbocycles. The van der Waals surface area contributed by atoms with Gasteiger partial charge in [0.15, 0.2) is 21.4 Å². The van der Waals surface area contributed by atoms with Gasteiger partial charge >= 0.3 is 0 Å². The quantitative estimate of drug-likeness (QED) is 0.342. The van der Waals surface area contributed by atoms with E-state index in [9.17, 15) is 8.42 Å². The van der Waals surface area contributed by atoms with E-state index in [0.29, 0.717) is 40.4 Å². The number of methoxy groups -OCH3 is 2. The maximum absolute atomic E-state index is 13.4. The van der Waals surface area contributed by atoms with Crippen LogP contribution in [0.15, 0.2) is 47.1 Å². The molecule has 0 amide bonds. The van der Waals surface area contributed by atoms with Crippen LogP contribution in [0.2, 0.25) is 0 Å². The number of ether oxygens (including phenoxy) is 2. The van der Waals surface area contributed by atoms with Crippen molar-refractivity contribution in [3.8, 4) is 28.8 Å². The molecule has 0 saturated carbocycles. The molecule has 0 radical (unpaired) electrons. The van der Waals surface area contributed by atoms with Crippen molar-refractivity contribution in [2.75, 3.05) is 14.2 Å². The summed E-state index contributed by atoms with van der Waals surface area (Å²) in [6.45, 7) is 5.33. The maximum atomic E-state index is 13.4. The van der Waals surface area contributed by atoms with E-state index in [1.807, 2.05) is 13.8 Å². The van der Waals surface area contributed by atoms with Crippen molar-refractivity contribution in [1.29, 1.82) is 0 Å². The van der Waals surface area contributed by atoms with E-state index in [-0.39, 0.29) is 18.0 Å². The smallest absolute Gasteiger partial charge is 0.204 e. The fourth-order valence-corrected chi connectivity index (χ4v) is 4.88. The zero-order valence-electron chi connectivity index (χ0n) is 20.2. The van der Waals surface area contributed by atoms with Crippen LogP contribution in [0, 0.1) is 13.8 Å². The zero-order valence-corrected chi connectivity index (χ0v) is 21.0. The average molecular weight is 498 g/mol. The van der Waals surface area contributed by atoms with E-state index in [0.717, 1.165) is 5.56 Å². The molecule has 11 heteroatoms. The number of hydrogen-bond acceptors (Lipinski definition) is 9. The highest BCUT2D eigenvalue weighted by Gasteiger charge is 2.30. The third-order valence-electron chi connectivity index (χ3n) is 5.56. The minimum absolute atomic E-state index is 0.180. The van der Waals surface area contributed by atoms with Gasteiger partial charge in [0.05, 0.1) is 19.5 Å². The summed E-state index contributed by atoms with van der Waals surface area (Å²) in [6.07, 6.45) is 3.52. The number of rotatable bonds is 9. The van der Waals surface area contributed by atoms with Gasteiger partial charge in [-0.15, -0.1) is 10.2 Å². The van der Waals surface area contributed by atoms with Gasteiger partial charge in [0.1, 0.15) is 34.5 Å². The Hall–Kier alpha value is -3.73. The van der Waals surface area contributed by atoms with Crippen LogP contribution < -0.4 is 9.47 Å². The minimum atomic E-state index is -3.67. The molecule has 0 aliphatic heterocycles. The summed E-state index contributed by atoms with van der Waals surface area (Å²) in [5, 5.41) is 7.78. The lowest BCUT2D eigenvalue weighted by atomic mass is 10.2. The lowest BCUT2D eigenvalue weighted by molar-refractivity contribution is 0.390. The van der Waals surface area contributed by atoms with Crippen LogP contribution in [-0.4, -0.2) is 52.6 Å². The molecule has 10 nitrogen and oxygen atoms in total. The van der Waals surface area contributed by atoms with Crippen molar-refractivity contribution in [3.63, 3.8) is 0 Å². The first-order valence-corrected chi connectivity index (χ1v) is 12.7. The van der Waals surface area contributed by atoms with Gasteiger partial charge in [-0.05, 0) is 50.6 Å². The Balaban J connectivity index is 1.79. The Bertz CT molecular complexity index is 1400. The molecule has 3 aromatic heterocycles. The Morgan fingerprint density at radius 3 is 2.23 bits per heavy atom. The maximum Gasteiger partial charge on any atom is 0.204 e. The van der Waals surface area contributed by atoms with E-state index >= 15 is 0 Å². The molecule has 0 N–H and O–H groups in total. The fourth-order valence-electron chi connectivity index (χ4n) is 3.64. The molecular formula is C24H27N5O5S. The lowest BCUT2D eigenvalue weighted by Gasteiger charge is -2.17. The molecule has 1 aromatic carbocycles. The molecule has 0 fully saturated rings. The minimum Gasteiger partial charge on any atom is -0.494 e. The molecule has 4 aromatic rings. The number of sulfone groups is 1. The van der Waals surface area contributed by atoms with Gasteiger partial charge in [-0.2, -0.15) is 0 Å². The number of furan rings is 1. The Morgan fingerprint density at radius 2 is 1.66 bits per heavy atom. The largest absolute Gasteiger partial charge is 0.494 e. The summed E-state index contributed by atoms with van der Waals surface area (Å²) in [5.74, 6) is 2.69. The zero-order chi connectivity index (χ0) is 25.2. The Kier molecular flexibility index (Phi) is 6.88. The van der Waals surface area contributed by atoms with E-state index in [4.69, 9.17) is 13.9 Å². The van der Waals surface area contributed by atoms with Crippen LogP contribution in [0.1, 0.15) is 29.9 Å².